The fourth-order valence-corrected chi connectivity index (χ4v) is 2.19. The van der Waals surface area contributed by atoms with E-state index >= 15 is 0 Å². The number of ether oxygens (including phenoxy) is 1. The Morgan fingerprint density at radius 3 is 2.55 bits per heavy atom. The second-order valence-electron chi connectivity index (χ2n) is 4.19. The summed E-state index contributed by atoms with van der Waals surface area (Å²) in [6.45, 7) is 0. The summed E-state index contributed by atoms with van der Waals surface area (Å²) in [6, 6.07) is 15.5. The van der Waals surface area contributed by atoms with Crippen LogP contribution in [0, 0.1) is 0 Å². The SMILES string of the molecule is COc1cccc2c(Nc3ccccc3)nc(Cl)nc12. The number of fused-ring (bicyclic) bond motifs is 1. The van der Waals surface area contributed by atoms with Crippen LogP contribution < -0.4 is 10.1 Å². The topological polar surface area (TPSA) is 47.0 Å². The molecule has 0 unspecified atom stereocenters. The van der Waals surface area contributed by atoms with E-state index in [1.165, 1.54) is 0 Å². The predicted molar refractivity (Wildman–Crippen MR) is 80.8 cm³/mol. The van der Waals surface area contributed by atoms with E-state index in [9.17, 15) is 0 Å². The first-order valence-electron chi connectivity index (χ1n) is 6.10. The summed E-state index contributed by atoms with van der Waals surface area (Å²) in [7, 11) is 1.61. The molecular formula is C15H12ClN3O. The molecule has 0 spiro atoms. The molecule has 0 saturated carbocycles. The Labute approximate surface area is 121 Å². The van der Waals surface area contributed by atoms with Crippen LogP contribution in [0.5, 0.6) is 5.75 Å². The van der Waals surface area contributed by atoms with Gasteiger partial charge in [-0.25, -0.2) is 4.98 Å². The number of methoxy groups -OCH3 is 1. The summed E-state index contributed by atoms with van der Waals surface area (Å²) in [5.41, 5.74) is 1.62. The minimum atomic E-state index is 0.181. The Morgan fingerprint density at radius 2 is 1.80 bits per heavy atom. The van der Waals surface area contributed by atoms with E-state index in [1.54, 1.807) is 7.11 Å². The fraction of sp³-hybridized carbons (Fsp3) is 0.0667. The van der Waals surface area contributed by atoms with Gasteiger partial charge in [0.2, 0.25) is 5.28 Å². The van der Waals surface area contributed by atoms with Gasteiger partial charge in [-0.1, -0.05) is 24.3 Å². The molecule has 100 valence electrons. The molecule has 1 aromatic heterocycles. The summed E-state index contributed by atoms with van der Waals surface area (Å²) in [5.74, 6) is 1.33. The zero-order valence-electron chi connectivity index (χ0n) is 10.8. The third-order valence-corrected chi connectivity index (χ3v) is 3.09. The van der Waals surface area contributed by atoms with E-state index < -0.39 is 0 Å². The predicted octanol–water partition coefficient (Wildman–Crippen LogP) is 4.04. The van der Waals surface area contributed by atoms with Crippen LogP contribution >= 0.6 is 11.6 Å². The van der Waals surface area contributed by atoms with Crippen molar-refractivity contribution in [1.29, 1.82) is 0 Å². The van der Waals surface area contributed by atoms with Crippen molar-refractivity contribution in [3.63, 3.8) is 0 Å². The van der Waals surface area contributed by atoms with Crippen molar-refractivity contribution in [3.05, 3.63) is 53.8 Å². The van der Waals surface area contributed by atoms with Gasteiger partial charge < -0.3 is 10.1 Å². The summed E-state index contributed by atoms with van der Waals surface area (Å²) in [6.07, 6.45) is 0. The van der Waals surface area contributed by atoms with Crippen molar-refractivity contribution in [3.8, 4) is 5.75 Å². The lowest BCUT2D eigenvalue weighted by atomic mass is 10.2. The Hall–Kier alpha value is -2.33. The normalized spacial score (nSPS) is 10.5. The molecule has 2 aromatic carbocycles. The molecule has 0 amide bonds. The standard InChI is InChI=1S/C15H12ClN3O/c1-20-12-9-5-8-11-13(12)18-15(16)19-14(11)17-10-6-3-2-4-7-10/h2-9H,1H3,(H,17,18,19). The average Bonchev–Trinajstić information content (AvgIpc) is 2.47. The molecule has 0 bridgehead atoms. The fourth-order valence-electron chi connectivity index (χ4n) is 2.02. The number of hydrogen-bond acceptors (Lipinski definition) is 4. The molecular weight excluding hydrogens is 274 g/mol. The maximum atomic E-state index is 6.00. The lowest BCUT2D eigenvalue weighted by molar-refractivity contribution is 0.419. The van der Waals surface area contributed by atoms with Gasteiger partial charge in [-0.3, -0.25) is 0 Å². The lowest BCUT2D eigenvalue weighted by Gasteiger charge is -2.10. The number of nitrogens with zero attached hydrogens (tertiary/aromatic N) is 2. The van der Waals surface area contributed by atoms with Crippen LogP contribution in [0.2, 0.25) is 5.28 Å². The van der Waals surface area contributed by atoms with Gasteiger partial charge in [0.1, 0.15) is 17.1 Å². The monoisotopic (exact) mass is 285 g/mol. The zero-order valence-corrected chi connectivity index (χ0v) is 11.6. The van der Waals surface area contributed by atoms with E-state index in [0.29, 0.717) is 17.1 Å². The van der Waals surface area contributed by atoms with E-state index in [1.807, 2.05) is 48.5 Å². The number of anilines is 2. The Balaban J connectivity index is 2.15. The molecule has 3 aromatic rings. The van der Waals surface area contributed by atoms with Crippen LogP contribution in [-0.4, -0.2) is 17.1 Å². The van der Waals surface area contributed by atoms with Crippen molar-refractivity contribution >= 4 is 34.0 Å². The van der Waals surface area contributed by atoms with Gasteiger partial charge in [0, 0.05) is 11.1 Å². The number of hydrogen-bond donors (Lipinski definition) is 1. The molecule has 0 atom stereocenters. The molecule has 0 aliphatic rings. The minimum Gasteiger partial charge on any atom is -0.494 e. The highest BCUT2D eigenvalue weighted by molar-refractivity contribution is 6.29. The highest BCUT2D eigenvalue weighted by Crippen LogP contribution is 2.30. The molecule has 5 heteroatoms. The average molecular weight is 286 g/mol. The summed E-state index contributed by atoms with van der Waals surface area (Å²) in [5, 5.41) is 4.29. The summed E-state index contributed by atoms with van der Waals surface area (Å²) >= 11 is 6.00. The highest BCUT2D eigenvalue weighted by Gasteiger charge is 2.10. The van der Waals surface area contributed by atoms with Crippen molar-refractivity contribution in [2.45, 2.75) is 0 Å². The van der Waals surface area contributed by atoms with Crippen LogP contribution in [0.15, 0.2) is 48.5 Å². The van der Waals surface area contributed by atoms with Gasteiger partial charge in [-0.05, 0) is 35.9 Å². The second-order valence-corrected chi connectivity index (χ2v) is 4.53. The number of rotatable bonds is 3. The van der Waals surface area contributed by atoms with Crippen LogP contribution in [0.25, 0.3) is 10.9 Å². The van der Waals surface area contributed by atoms with Crippen LogP contribution in [0.4, 0.5) is 11.5 Å². The van der Waals surface area contributed by atoms with Gasteiger partial charge in [0.05, 0.1) is 7.11 Å². The third kappa shape index (κ3) is 2.38. The zero-order chi connectivity index (χ0) is 13.9. The van der Waals surface area contributed by atoms with Crippen LogP contribution in [-0.2, 0) is 0 Å². The number of benzene rings is 2. The molecule has 0 radical (unpaired) electrons. The molecule has 3 rings (SSSR count). The first-order chi connectivity index (χ1) is 9.78. The van der Waals surface area contributed by atoms with E-state index in [0.717, 1.165) is 11.1 Å². The molecule has 0 aliphatic carbocycles. The Morgan fingerprint density at radius 1 is 1.00 bits per heavy atom. The van der Waals surface area contributed by atoms with E-state index in [-0.39, 0.29) is 5.28 Å². The highest BCUT2D eigenvalue weighted by atomic mass is 35.5. The summed E-state index contributed by atoms with van der Waals surface area (Å²) < 4.78 is 5.31. The number of halogens is 1. The molecule has 0 saturated heterocycles. The van der Waals surface area contributed by atoms with Crippen LogP contribution in [0.3, 0.4) is 0 Å². The molecule has 0 aliphatic heterocycles. The quantitative estimate of drug-likeness (QED) is 0.738. The molecule has 0 fully saturated rings. The number of para-hydroxylation sites is 2. The van der Waals surface area contributed by atoms with Crippen molar-refractivity contribution in [2.24, 2.45) is 0 Å². The van der Waals surface area contributed by atoms with Crippen molar-refractivity contribution < 1.29 is 4.74 Å². The number of nitrogens with one attached hydrogen (secondary N) is 1. The van der Waals surface area contributed by atoms with Gasteiger partial charge in [0.15, 0.2) is 0 Å². The second kappa shape index (κ2) is 5.35. The smallest absolute Gasteiger partial charge is 0.225 e. The molecule has 4 nitrogen and oxygen atoms in total. The lowest BCUT2D eigenvalue weighted by Crippen LogP contribution is -1.98. The van der Waals surface area contributed by atoms with Crippen molar-refractivity contribution in [1.82, 2.24) is 9.97 Å². The van der Waals surface area contributed by atoms with Gasteiger partial charge in [0.25, 0.3) is 0 Å². The van der Waals surface area contributed by atoms with Crippen LogP contribution in [0.1, 0.15) is 0 Å². The van der Waals surface area contributed by atoms with Gasteiger partial charge in [-0.15, -0.1) is 0 Å². The van der Waals surface area contributed by atoms with Gasteiger partial charge >= 0.3 is 0 Å². The summed E-state index contributed by atoms with van der Waals surface area (Å²) in [4.78, 5) is 8.50. The Kier molecular flexibility index (Phi) is 3.39. The minimum absolute atomic E-state index is 0.181. The third-order valence-electron chi connectivity index (χ3n) is 2.92. The molecule has 1 heterocycles. The first-order valence-corrected chi connectivity index (χ1v) is 6.48. The molecule has 20 heavy (non-hydrogen) atoms. The molecule has 1 N–H and O–H groups in total. The maximum absolute atomic E-state index is 6.00. The first kappa shape index (κ1) is 12.7. The maximum Gasteiger partial charge on any atom is 0.225 e. The largest absolute Gasteiger partial charge is 0.494 e. The number of aromatic nitrogens is 2. The van der Waals surface area contributed by atoms with Crippen molar-refractivity contribution in [2.75, 3.05) is 12.4 Å². The van der Waals surface area contributed by atoms with E-state index in [2.05, 4.69) is 15.3 Å². The van der Waals surface area contributed by atoms with E-state index in [4.69, 9.17) is 16.3 Å². The van der Waals surface area contributed by atoms with Gasteiger partial charge in [-0.2, -0.15) is 4.98 Å². The Bertz CT molecular complexity index is 747.